The van der Waals surface area contributed by atoms with Crippen LogP contribution in [-0.2, 0) is 6.61 Å². The Morgan fingerprint density at radius 1 is 0.968 bits per heavy atom. The van der Waals surface area contributed by atoms with Crippen LogP contribution in [0, 0.1) is 0 Å². The number of anilines is 1. The van der Waals surface area contributed by atoms with Crippen LogP contribution in [-0.4, -0.2) is 22.1 Å². The summed E-state index contributed by atoms with van der Waals surface area (Å²) < 4.78 is 5.79. The van der Waals surface area contributed by atoms with Crippen molar-refractivity contribution in [2.45, 2.75) is 6.61 Å². The number of H-pyrrole nitrogens is 1. The largest absolute Gasteiger partial charge is 0.489 e. The Labute approximate surface area is 187 Å². The van der Waals surface area contributed by atoms with Gasteiger partial charge in [0.2, 0.25) is 0 Å². The first-order valence-electron chi connectivity index (χ1n) is 9.22. The van der Waals surface area contributed by atoms with Crippen molar-refractivity contribution >= 4 is 51.9 Å². The minimum atomic E-state index is -0.679. The smallest absolute Gasteiger partial charge is 0.327 e. The number of nitrogens with zero attached hydrogens (tertiary/aromatic N) is 1. The molecule has 0 aliphatic heterocycles. The highest BCUT2D eigenvalue weighted by Crippen LogP contribution is 2.26. The fraction of sp³-hybridized carbons (Fsp3) is 0.0455. The molecule has 156 valence electrons. The predicted octanol–water partition coefficient (Wildman–Crippen LogP) is 5.41. The molecule has 0 aliphatic carbocycles. The molecule has 3 N–H and O–H groups in total. The quantitative estimate of drug-likeness (QED) is 0.375. The first kappa shape index (κ1) is 20.7. The van der Waals surface area contributed by atoms with E-state index in [2.05, 4.69) is 20.8 Å². The first-order valence-corrected chi connectivity index (χ1v) is 9.97. The Morgan fingerprint density at radius 2 is 1.77 bits per heavy atom. The minimum Gasteiger partial charge on any atom is -0.489 e. The summed E-state index contributed by atoms with van der Waals surface area (Å²) in [5, 5.41) is 13.4. The van der Waals surface area contributed by atoms with Crippen molar-refractivity contribution in [3.05, 3.63) is 87.9 Å². The van der Waals surface area contributed by atoms with Crippen molar-refractivity contribution in [2.75, 3.05) is 5.32 Å². The van der Waals surface area contributed by atoms with Crippen molar-refractivity contribution < 1.29 is 14.3 Å². The van der Waals surface area contributed by atoms with E-state index in [0.717, 1.165) is 5.56 Å². The van der Waals surface area contributed by atoms with Gasteiger partial charge in [0.05, 0.1) is 15.6 Å². The van der Waals surface area contributed by atoms with E-state index in [9.17, 15) is 9.59 Å². The van der Waals surface area contributed by atoms with Gasteiger partial charge in [-0.1, -0.05) is 47.5 Å². The number of aromatic nitrogens is 2. The maximum absolute atomic E-state index is 12.2. The maximum Gasteiger partial charge on any atom is 0.327 e. The molecule has 0 atom stereocenters. The van der Waals surface area contributed by atoms with Crippen LogP contribution in [0.25, 0.3) is 10.9 Å². The molecule has 3 aromatic carbocycles. The monoisotopic (exact) mass is 454 g/mol. The number of carbonyl (C=O) groups excluding carboxylic acids is 2. The van der Waals surface area contributed by atoms with E-state index in [4.69, 9.17) is 27.9 Å². The van der Waals surface area contributed by atoms with E-state index in [1.165, 1.54) is 0 Å². The van der Waals surface area contributed by atoms with Gasteiger partial charge in [0.15, 0.2) is 5.82 Å². The van der Waals surface area contributed by atoms with Gasteiger partial charge in [-0.25, -0.2) is 4.79 Å². The van der Waals surface area contributed by atoms with Crippen molar-refractivity contribution in [3.8, 4) is 5.75 Å². The van der Waals surface area contributed by atoms with E-state index < -0.39 is 11.9 Å². The van der Waals surface area contributed by atoms with Gasteiger partial charge in [-0.15, -0.1) is 0 Å². The van der Waals surface area contributed by atoms with E-state index in [0.29, 0.717) is 44.7 Å². The van der Waals surface area contributed by atoms with E-state index in [1.54, 1.807) is 60.7 Å². The number of aromatic amines is 1. The number of carbonyl (C=O) groups is 2. The van der Waals surface area contributed by atoms with Gasteiger partial charge in [-0.2, -0.15) is 5.10 Å². The van der Waals surface area contributed by atoms with E-state index >= 15 is 0 Å². The van der Waals surface area contributed by atoms with Gasteiger partial charge in [0.25, 0.3) is 5.91 Å². The number of benzene rings is 3. The highest BCUT2D eigenvalue weighted by atomic mass is 35.5. The normalized spacial score (nSPS) is 10.6. The Kier molecular flexibility index (Phi) is 6.06. The van der Waals surface area contributed by atoms with Crippen LogP contribution >= 0.6 is 23.2 Å². The van der Waals surface area contributed by atoms with Crippen LogP contribution in [0.2, 0.25) is 10.0 Å². The number of hydrogen-bond donors (Lipinski definition) is 3. The van der Waals surface area contributed by atoms with Crippen LogP contribution in [0.3, 0.4) is 0 Å². The van der Waals surface area contributed by atoms with Gasteiger partial charge < -0.3 is 4.74 Å². The molecule has 0 spiro atoms. The molecule has 9 heteroatoms. The van der Waals surface area contributed by atoms with Gasteiger partial charge in [-0.05, 0) is 42.0 Å². The molecule has 0 aliphatic rings. The Balaban J connectivity index is 1.40. The zero-order chi connectivity index (χ0) is 21.8. The van der Waals surface area contributed by atoms with Gasteiger partial charge >= 0.3 is 6.03 Å². The van der Waals surface area contributed by atoms with Crippen molar-refractivity contribution in [1.82, 2.24) is 15.5 Å². The molecule has 4 aromatic rings. The van der Waals surface area contributed by atoms with E-state index in [1.807, 2.05) is 6.07 Å². The molecule has 4 rings (SSSR count). The number of halogens is 2. The highest BCUT2D eigenvalue weighted by Gasteiger charge is 2.13. The zero-order valence-corrected chi connectivity index (χ0v) is 17.5. The first-order chi connectivity index (χ1) is 15.0. The number of rotatable bonds is 5. The topological polar surface area (TPSA) is 96.1 Å². The lowest BCUT2D eigenvalue weighted by Gasteiger charge is -2.08. The molecule has 0 fully saturated rings. The maximum atomic E-state index is 12.2. The van der Waals surface area contributed by atoms with Crippen molar-refractivity contribution in [2.24, 2.45) is 0 Å². The fourth-order valence-corrected chi connectivity index (χ4v) is 3.20. The molecular formula is C22H16Cl2N4O3. The zero-order valence-electron chi connectivity index (χ0n) is 16.0. The molecule has 1 heterocycles. The Hall–Kier alpha value is -3.55. The third-order valence-electron chi connectivity index (χ3n) is 4.42. The number of amides is 3. The molecule has 0 saturated heterocycles. The second-order valence-electron chi connectivity index (χ2n) is 6.59. The molecule has 0 saturated carbocycles. The lowest BCUT2D eigenvalue weighted by Crippen LogP contribution is -2.34. The summed E-state index contributed by atoms with van der Waals surface area (Å²) in [6.07, 6.45) is 0. The summed E-state index contributed by atoms with van der Waals surface area (Å²) in [5.41, 5.74) is 1.92. The van der Waals surface area contributed by atoms with Gasteiger partial charge in [0.1, 0.15) is 12.4 Å². The summed E-state index contributed by atoms with van der Waals surface area (Å²) in [6, 6.07) is 18.4. The van der Waals surface area contributed by atoms with Crippen LogP contribution < -0.4 is 15.4 Å². The molecule has 7 nitrogen and oxygen atoms in total. The number of imide groups is 1. The van der Waals surface area contributed by atoms with Crippen LogP contribution in [0.4, 0.5) is 10.6 Å². The summed E-state index contributed by atoms with van der Waals surface area (Å²) in [6.45, 7) is 0.311. The lowest BCUT2D eigenvalue weighted by atomic mass is 10.2. The molecule has 0 radical (unpaired) electrons. The van der Waals surface area contributed by atoms with Crippen LogP contribution in [0.5, 0.6) is 5.75 Å². The molecule has 1 aromatic heterocycles. The summed E-state index contributed by atoms with van der Waals surface area (Å²) in [4.78, 5) is 24.3. The predicted molar refractivity (Wildman–Crippen MR) is 120 cm³/mol. The average molecular weight is 455 g/mol. The fourth-order valence-electron chi connectivity index (χ4n) is 2.88. The lowest BCUT2D eigenvalue weighted by molar-refractivity contribution is 0.0967. The third kappa shape index (κ3) is 4.96. The molecule has 31 heavy (non-hydrogen) atoms. The second-order valence-corrected chi connectivity index (χ2v) is 7.41. The van der Waals surface area contributed by atoms with Crippen LogP contribution in [0.15, 0.2) is 66.7 Å². The molecular weight excluding hydrogens is 439 g/mol. The standard InChI is InChI=1S/C22H16Cl2N4O3/c23-17-9-6-13(10-18(17)24)12-31-15-7-8-16-19(11-15)27-28-20(16)25-22(30)26-21(29)14-4-2-1-3-5-14/h1-11H,12H2,(H3,25,26,27,28,29,30). The number of nitrogens with one attached hydrogen (secondary N) is 3. The van der Waals surface area contributed by atoms with Crippen molar-refractivity contribution in [3.63, 3.8) is 0 Å². The Morgan fingerprint density at radius 3 is 2.55 bits per heavy atom. The SMILES string of the molecule is O=C(NC(=O)c1ccccc1)Nc1n[nH]c2cc(OCc3ccc(Cl)c(Cl)c3)ccc12. The van der Waals surface area contributed by atoms with E-state index in [-0.39, 0.29) is 0 Å². The molecule has 0 unspecified atom stereocenters. The summed E-state index contributed by atoms with van der Waals surface area (Å²) >= 11 is 11.9. The summed E-state index contributed by atoms with van der Waals surface area (Å²) in [7, 11) is 0. The minimum absolute atomic E-state index is 0.296. The number of urea groups is 1. The molecule has 3 amide bonds. The van der Waals surface area contributed by atoms with Gasteiger partial charge in [-0.3, -0.25) is 20.5 Å². The number of ether oxygens (including phenoxy) is 1. The number of fused-ring (bicyclic) bond motifs is 1. The second kappa shape index (κ2) is 9.07. The molecule has 0 bridgehead atoms. The Bertz CT molecular complexity index is 1260. The van der Waals surface area contributed by atoms with Crippen LogP contribution in [0.1, 0.15) is 15.9 Å². The highest BCUT2D eigenvalue weighted by molar-refractivity contribution is 6.42. The van der Waals surface area contributed by atoms with Crippen molar-refractivity contribution in [1.29, 1.82) is 0 Å². The number of hydrogen-bond acceptors (Lipinski definition) is 4. The van der Waals surface area contributed by atoms with Gasteiger partial charge in [0, 0.05) is 17.0 Å². The third-order valence-corrected chi connectivity index (χ3v) is 5.16. The summed E-state index contributed by atoms with van der Waals surface area (Å²) in [5.74, 6) is 0.401. The average Bonchev–Trinajstić information content (AvgIpc) is 3.17.